The summed E-state index contributed by atoms with van der Waals surface area (Å²) in [5.41, 5.74) is 2.46. The third-order valence-corrected chi connectivity index (χ3v) is 2.64. The monoisotopic (exact) mass is 238 g/mol. The van der Waals surface area contributed by atoms with Crippen LogP contribution in [0, 0.1) is 0 Å². The SMILES string of the molecule is CCc1ccc(CC(O)COCCOC)cc1. The molecule has 1 rings (SSSR count). The number of ether oxygens (including phenoxy) is 2. The Kier molecular flexibility index (Phi) is 6.86. The quantitative estimate of drug-likeness (QED) is 0.702. The van der Waals surface area contributed by atoms with Gasteiger partial charge in [0.1, 0.15) is 0 Å². The van der Waals surface area contributed by atoms with Crippen LogP contribution >= 0.6 is 0 Å². The molecule has 17 heavy (non-hydrogen) atoms. The number of aliphatic hydroxyl groups is 1. The summed E-state index contributed by atoms with van der Waals surface area (Å²) in [5.74, 6) is 0. The van der Waals surface area contributed by atoms with E-state index in [9.17, 15) is 5.11 Å². The molecule has 0 heterocycles. The molecular weight excluding hydrogens is 216 g/mol. The Bertz CT molecular complexity index is 295. The van der Waals surface area contributed by atoms with Gasteiger partial charge in [0.15, 0.2) is 0 Å². The lowest BCUT2D eigenvalue weighted by molar-refractivity contribution is 0.0137. The number of hydrogen-bond acceptors (Lipinski definition) is 3. The van der Waals surface area contributed by atoms with Gasteiger partial charge in [0.05, 0.1) is 25.9 Å². The van der Waals surface area contributed by atoms with Gasteiger partial charge in [0.25, 0.3) is 0 Å². The largest absolute Gasteiger partial charge is 0.390 e. The standard InChI is InChI=1S/C14H22O3/c1-3-12-4-6-13(7-5-12)10-14(15)11-17-9-8-16-2/h4-7,14-15H,3,8-11H2,1-2H3. The maximum atomic E-state index is 9.76. The van der Waals surface area contributed by atoms with E-state index in [4.69, 9.17) is 9.47 Å². The predicted molar refractivity (Wildman–Crippen MR) is 68.2 cm³/mol. The van der Waals surface area contributed by atoms with Gasteiger partial charge in [-0.15, -0.1) is 0 Å². The molecule has 1 aromatic carbocycles. The van der Waals surface area contributed by atoms with Crippen LogP contribution < -0.4 is 0 Å². The summed E-state index contributed by atoms with van der Waals surface area (Å²) in [7, 11) is 1.63. The predicted octanol–water partition coefficient (Wildman–Crippen LogP) is 1.82. The van der Waals surface area contributed by atoms with Crippen LogP contribution in [-0.2, 0) is 22.3 Å². The molecule has 1 atom stereocenters. The van der Waals surface area contributed by atoms with Gasteiger partial charge < -0.3 is 14.6 Å². The molecule has 1 unspecified atom stereocenters. The molecule has 1 aromatic rings. The Morgan fingerprint density at radius 1 is 1.12 bits per heavy atom. The molecule has 0 radical (unpaired) electrons. The zero-order valence-electron chi connectivity index (χ0n) is 10.7. The molecule has 0 aliphatic heterocycles. The van der Waals surface area contributed by atoms with Crippen molar-refractivity contribution < 1.29 is 14.6 Å². The second-order valence-electron chi connectivity index (χ2n) is 4.10. The van der Waals surface area contributed by atoms with Crippen molar-refractivity contribution in [1.29, 1.82) is 0 Å². The number of methoxy groups -OCH3 is 1. The zero-order chi connectivity index (χ0) is 12.5. The maximum Gasteiger partial charge on any atom is 0.0813 e. The Hall–Kier alpha value is -0.900. The summed E-state index contributed by atoms with van der Waals surface area (Å²) in [6, 6.07) is 8.34. The van der Waals surface area contributed by atoms with Gasteiger partial charge in [-0.3, -0.25) is 0 Å². The molecule has 3 heteroatoms. The smallest absolute Gasteiger partial charge is 0.0813 e. The van der Waals surface area contributed by atoms with Crippen LogP contribution in [0.5, 0.6) is 0 Å². The van der Waals surface area contributed by atoms with Crippen LogP contribution in [0.1, 0.15) is 18.1 Å². The van der Waals surface area contributed by atoms with Crippen LogP contribution in [0.4, 0.5) is 0 Å². The van der Waals surface area contributed by atoms with Gasteiger partial charge in [-0.05, 0) is 17.5 Å². The summed E-state index contributed by atoms with van der Waals surface area (Å²) in [4.78, 5) is 0. The van der Waals surface area contributed by atoms with E-state index in [1.54, 1.807) is 7.11 Å². The van der Waals surface area contributed by atoms with Crippen molar-refractivity contribution in [3.8, 4) is 0 Å². The van der Waals surface area contributed by atoms with Crippen molar-refractivity contribution in [2.75, 3.05) is 26.9 Å². The Morgan fingerprint density at radius 3 is 2.35 bits per heavy atom. The minimum atomic E-state index is -0.445. The van der Waals surface area contributed by atoms with E-state index in [2.05, 4.69) is 31.2 Å². The molecule has 0 aliphatic rings. The second kappa shape index (κ2) is 8.23. The summed E-state index contributed by atoms with van der Waals surface area (Å²) in [5, 5.41) is 9.76. The zero-order valence-corrected chi connectivity index (χ0v) is 10.7. The first-order valence-electron chi connectivity index (χ1n) is 6.08. The van der Waals surface area contributed by atoms with E-state index in [0.717, 1.165) is 12.0 Å². The normalized spacial score (nSPS) is 12.6. The van der Waals surface area contributed by atoms with E-state index >= 15 is 0 Å². The highest BCUT2D eigenvalue weighted by Gasteiger charge is 2.05. The molecule has 0 amide bonds. The summed E-state index contributed by atoms with van der Waals surface area (Å²) in [6.45, 7) is 3.59. The molecule has 0 saturated heterocycles. The molecule has 1 N–H and O–H groups in total. The van der Waals surface area contributed by atoms with Crippen LogP contribution in [0.2, 0.25) is 0 Å². The molecule has 0 aromatic heterocycles. The van der Waals surface area contributed by atoms with E-state index in [0.29, 0.717) is 26.2 Å². The van der Waals surface area contributed by atoms with Crippen LogP contribution in [0.25, 0.3) is 0 Å². The van der Waals surface area contributed by atoms with E-state index < -0.39 is 6.10 Å². The van der Waals surface area contributed by atoms with Gasteiger partial charge in [-0.25, -0.2) is 0 Å². The van der Waals surface area contributed by atoms with Crippen molar-refractivity contribution >= 4 is 0 Å². The minimum Gasteiger partial charge on any atom is -0.390 e. The molecule has 0 saturated carbocycles. The Balaban J connectivity index is 2.26. The minimum absolute atomic E-state index is 0.360. The lowest BCUT2D eigenvalue weighted by Crippen LogP contribution is -2.19. The topological polar surface area (TPSA) is 38.7 Å². The van der Waals surface area contributed by atoms with Crippen LogP contribution in [-0.4, -0.2) is 38.1 Å². The van der Waals surface area contributed by atoms with Crippen LogP contribution in [0.15, 0.2) is 24.3 Å². The van der Waals surface area contributed by atoms with Crippen molar-refractivity contribution in [1.82, 2.24) is 0 Å². The van der Waals surface area contributed by atoms with E-state index in [1.807, 2.05) is 0 Å². The van der Waals surface area contributed by atoms with Gasteiger partial charge in [0, 0.05) is 13.5 Å². The lowest BCUT2D eigenvalue weighted by atomic mass is 10.1. The van der Waals surface area contributed by atoms with Gasteiger partial charge in [0.2, 0.25) is 0 Å². The second-order valence-corrected chi connectivity index (χ2v) is 4.10. The first-order valence-corrected chi connectivity index (χ1v) is 6.08. The van der Waals surface area contributed by atoms with Crippen molar-refractivity contribution in [2.45, 2.75) is 25.9 Å². The van der Waals surface area contributed by atoms with Gasteiger partial charge >= 0.3 is 0 Å². The van der Waals surface area contributed by atoms with Crippen molar-refractivity contribution in [3.63, 3.8) is 0 Å². The molecule has 3 nitrogen and oxygen atoms in total. The molecule has 0 fully saturated rings. The number of rotatable bonds is 8. The van der Waals surface area contributed by atoms with Crippen molar-refractivity contribution in [3.05, 3.63) is 35.4 Å². The number of aryl methyl sites for hydroxylation is 1. The average Bonchev–Trinajstić information content (AvgIpc) is 2.36. The number of hydrogen-bond donors (Lipinski definition) is 1. The molecule has 0 spiro atoms. The van der Waals surface area contributed by atoms with E-state index in [-0.39, 0.29) is 0 Å². The highest BCUT2D eigenvalue weighted by Crippen LogP contribution is 2.07. The average molecular weight is 238 g/mol. The molecule has 96 valence electrons. The van der Waals surface area contributed by atoms with Crippen molar-refractivity contribution in [2.24, 2.45) is 0 Å². The summed E-state index contributed by atoms with van der Waals surface area (Å²) in [6.07, 6.45) is 1.24. The molecular formula is C14H22O3. The Morgan fingerprint density at radius 2 is 1.76 bits per heavy atom. The lowest BCUT2D eigenvalue weighted by Gasteiger charge is -2.11. The first-order chi connectivity index (χ1) is 8.26. The van der Waals surface area contributed by atoms with Gasteiger partial charge in [-0.2, -0.15) is 0 Å². The number of aliphatic hydroxyl groups excluding tert-OH is 1. The van der Waals surface area contributed by atoms with E-state index in [1.165, 1.54) is 5.56 Å². The third kappa shape index (κ3) is 5.82. The maximum absolute atomic E-state index is 9.76. The highest BCUT2D eigenvalue weighted by molar-refractivity contribution is 5.22. The fourth-order valence-corrected chi connectivity index (χ4v) is 1.60. The fourth-order valence-electron chi connectivity index (χ4n) is 1.60. The molecule has 0 aliphatic carbocycles. The summed E-state index contributed by atoms with van der Waals surface area (Å²) >= 11 is 0. The summed E-state index contributed by atoms with van der Waals surface area (Å²) < 4.78 is 10.1. The van der Waals surface area contributed by atoms with Crippen LogP contribution in [0.3, 0.4) is 0 Å². The fraction of sp³-hybridized carbons (Fsp3) is 0.571. The third-order valence-electron chi connectivity index (χ3n) is 2.64. The Labute approximate surface area is 103 Å². The highest BCUT2D eigenvalue weighted by atomic mass is 16.5. The first kappa shape index (κ1) is 14.2. The van der Waals surface area contributed by atoms with Gasteiger partial charge in [-0.1, -0.05) is 31.2 Å². The molecule has 0 bridgehead atoms. The number of benzene rings is 1.